The van der Waals surface area contributed by atoms with Crippen LogP contribution in [0.15, 0.2) is 12.3 Å². The minimum absolute atomic E-state index is 0.0287. The minimum atomic E-state index is -1.04. The Balaban J connectivity index is 2.25. The molecule has 0 saturated carbocycles. The monoisotopic (exact) mass is 267 g/mol. The molecular formula is C13H21N3O3. The van der Waals surface area contributed by atoms with Gasteiger partial charge in [0.05, 0.1) is 0 Å². The van der Waals surface area contributed by atoms with E-state index < -0.39 is 5.97 Å². The second-order valence-electron chi connectivity index (χ2n) is 4.63. The summed E-state index contributed by atoms with van der Waals surface area (Å²) in [5.74, 6) is -1.00. The number of nitrogens with one attached hydrogen (secondary N) is 1. The summed E-state index contributed by atoms with van der Waals surface area (Å²) in [6.45, 7) is 4.62. The molecular weight excluding hydrogens is 246 g/mol. The average molecular weight is 267 g/mol. The van der Waals surface area contributed by atoms with Crippen molar-refractivity contribution in [3.8, 4) is 0 Å². The van der Waals surface area contributed by atoms with Crippen molar-refractivity contribution in [2.24, 2.45) is 0 Å². The van der Waals surface area contributed by atoms with Crippen molar-refractivity contribution in [1.82, 2.24) is 15.1 Å². The number of carboxylic acids is 1. The van der Waals surface area contributed by atoms with Crippen molar-refractivity contribution < 1.29 is 14.7 Å². The zero-order valence-corrected chi connectivity index (χ0v) is 11.4. The third-order valence-corrected chi connectivity index (χ3v) is 2.78. The van der Waals surface area contributed by atoms with Crippen LogP contribution in [-0.4, -0.2) is 32.8 Å². The molecule has 0 aliphatic rings. The first-order valence-electron chi connectivity index (χ1n) is 6.59. The molecule has 1 atom stereocenters. The van der Waals surface area contributed by atoms with Gasteiger partial charge in [-0.2, -0.15) is 5.10 Å². The first-order valence-corrected chi connectivity index (χ1v) is 6.59. The number of carbonyl (C=O) groups is 2. The molecule has 1 aromatic rings. The number of hydrogen-bond acceptors (Lipinski definition) is 3. The van der Waals surface area contributed by atoms with Crippen molar-refractivity contribution in [1.29, 1.82) is 0 Å². The van der Waals surface area contributed by atoms with Gasteiger partial charge in [0.25, 0.3) is 0 Å². The van der Waals surface area contributed by atoms with Gasteiger partial charge in [-0.3, -0.25) is 9.48 Å². The van der Waals surface area contributed by atoms with E-state index >= 15 is 0 Å². The van der Waals surface area contributed by atoms with E-state index in [1.165, 1.54) is 6.07 Å². The molecule has 0 saturated heterocycles. The molecule has 0 radical (unpaired) electrons. The Hall–Kier alpha value is -1.85. The average Bonchev–Trinajstić information content (AvgIpc) is 2.78. The van der Waals surface area contributed by atoms with Crippen LogP contribution in [0.5, 0.6) is 0 Å². The third-order valence-electron chi connectivity index (χ3n) is 2.78. The number of carbonyl (C=O) groups excluding carboxylic acids is 1. The molecule has 1 heterocycles. The van der Waals surface area contributed by atoms with Gasteiger partial charge in [0.15, 0.2) is 5.69 Å². The molecule has 0 fully saturated rings. The Morgan fingerprint density at radius 3 is 2.84 bits per heavy atom. The molecule has 6 heteroatoms. The second kappa shape index (κ2) is 7.56. The number of aromatic carboxylic acids is 1. The molecule has 106 valence electrons. The van der Waals surface area contributed by atoms with Crippen LogP contribution < -0.4 is 5.32 Å². The van der Waals surface area contributed by atoms with Gasteiger partial charge in [-0.05, 0) is 25.8 Å². The number of rotatable bonds is 8. The molecule has 0 aliphatic heterocycles. The molecule has 2 N–H and O–H groups in total. The predicted molar refractivity (Wildman–Crippen MR) is 70.9 cm³/mol. The number of aryl methyl sites for hydroxylation is 1. The molecule has 1 rings (SSSR count). The quantitative estimate of drug-likeness (QED) is 0.750. The van der Waals surface area contributed by atoms with Crippen molar-refractivity contribution in [2.45, 2.75) is 52.1 Å². The second-order valence-corrected chi connectivity index (χ2v) is 4.63. The fraction of sp³-hybridized carbons (Fsp3) is 0.615. The fourth-order valence-corrected chi connectivity index (χ4v) is 1.85. The zero-order valence-electron chi connectivity index (χ0n) is 11.4. The van der Waals surface area contributed by atoms with E-state index in [0.29, 0.717) is 19.4 Å². The molecule has 1 aromatic heterocycles. The zero-order chi connectivity index (χ0) is 14.3. The Morgan fingerprint density at radius 2 is 2.26 bits per heavy atom. The molecule has 1 unspecified atom stereocenters. The van der Waals surface area contributed by atoms with Gasteiger partial charge in [-0.15, -0.1) is 0 Å². The first kappa shape index (κ1) is 15.2. The number of nitrogens with zero attached hydrogens (tertiary/aromatic N) is 2. The highest BCUT2D eigenvalue weighted by Gasteiger charge is 2.08. The summed E-state index contributed by atoms with van der Waals surface area (Å²) in [4.78, 5) is 22.2. The Morgan fingerprint density at radius 1 is 1.53 bits per heavy atom. The summed E-state index contributed by atoms with van der Waals surface area (Å²) in [7, 11) is 0. The van der Waals surface area contributed by atoms with Crippen molar-refractivity contribution in [3.05, 3.63) is 18.0 Å². The SMILES string of the molecule is CCCC(C)NC(=O)CCCn1ccc(C(=O)O)n1. The van der Waals surface area contributed by atoms with Gasteiger partial charge in [-0.25, -0.2) is 4.79 Å². The van der Waals surface area contributed by atoms with E-state index in [1.54, 1.807) is 10.9 Å². The van der Waals surface area contributed by atoms with Crippen molar-refractivity contribution >= 4 is 11.9 Å². The predicted octanol–water partition coefficient (Wildman–Crippen LogP) is 1.67. The topological polar surface area (TPSA) is 84.2 Å². The summed E-state index contributed by atoms with van der Waals surface area (Å²) in [6, 6.07) is 1.66. The summed E-state index contributed by atoms with van der Waals surface area (Å²) in [5, 5.41) is 15.5. The van der Waals surface area contributed by atoms with Crippen LogP contribution in [0.1, 0.15) is 50.0 Å². The van der Waals surface area contributed by atoms with Crippen LogP contribution in [-0.2, 0) is 11.3 Å². The number of hydrogen-bond donors (Lipinski definition) is 2. The maximum Gasteiger partial charge on any atom is 0.356 e. The molecule has 0 aromatic carbocycles. The highest BCUT2D eigenvalue weighted by Crippen LogP contribution is 2.00. The summed E-state index contributed by atoms with van der Waals surface area (Å²) in [5.41, 5.74) is 0.0287. The van der Waals surface area contributed by atoms with Crippen LogP contribution in [0.25, 0.3) is 0 Å². The number of carboxylic acid groups (broad SMARTS) is 1. The van der Waals surface area contributed by atoms with Gasteiger partial charge in [-0.1, -0.05) is 13.3 Å². The standard InChI is InChI=1S/C13H21N3O3/c1-3-5-10(2)14-12(17)6-4-8-16-9-7-11(15-16)13(18)19/h7,9-10H,3-6,8H2,1-2H3,(H,14,17)(H,18,19). The molecule has 19 heavy (non-hydrogen) atoms. The summed E-state index contributed by atoms with van der Waals surface area (Å²) >= 11 is 0. The minimum Gasteiger partial charge on any atom is -0.476 e. The lowest BCUT2D eigenvalue weighted by Gasteiger charge is -2.12. The molecule has 0 bridgehead atoms. The third kappa shape index (κ3) is 5.54. The summed E-state index contributed by atoms with van der Waals surface area (Å²) < 4.78 is 1.55. The van der Waals surface area contributed by atoms with Crippen LogP contribution in [0.3, 0.4) is 0 Å². The Bertz CT molecular complexity index is 429. The first-order chi connectivity index (χ1) is 9.02. The highest BCUT2D eigenvalue weighted by molar-refractivity contribution is 5.85. The number of aromatic nitrogens is 2. The van der Waals surface area contributed by atoms with E-state index in [0.717, 1.165) is 12.8 Å². The van der Waals surface area contributed by atoms with E-state index in [-0.39, 0.29) is 17.6 Å². The van der Waals surface area contributed by atoms with Crippen LogP contribution in [0.2, 0.25) is 0 Å². The lowest BCUT2D eigenvalue weighted by molar-refractivity contribution is -0.121. The van der Waals surface area contributed by atoms with Crippen LogP contribution in [0, 0.1) is 0 Å². The molecule has 0 spiro atoms. The Kier molecular flexibility index (Phi) is 6.05. The van der Waals surface area contributed by atoms with Crippen molar-refractivity contribution in [2.75, 3.05) is 0 Å². The largest absolute Gasteiger partial charge is 0.476 e. The van der Waals surface area contributed by atoms with Gasteiger partial charge in [0.2, 0.25) is 5.91 Å². The maximum atomic E-state index is 11.6. The van der Waals surface area contributed by atoms with E-state index in [1.807, 2.05) is 6.92 Å². The van der Waals surface area contributed by atoms with Gasteiger partial charge < -0.3 is 10.4 Å². The molecule has 0 aliphatic carbocycles. The fourth-order valence-electron chi connectivity index (χ4n) is 1.85. The van der Waals surface area contributed by atoms with Crippen LogP contribution in [0.4, 0.5) is 0 Å². The lowest BCUT2D eigenvalue weighted by atomic mass is 10.2. The van der Waals surface area contributed by atoms with E-state index in [2.05, 4.69) is 17.3 Å². The van der Waals surface area contributed by atoms with E-state index in [9.17, 15) is 9.59 Å². The van der Waals surface area contributed by atoms with Crippen molar-refractivity contribution in [3.63, 3.8) is 0 Å². The normalized spacial score (nSPS) is 12.1. The summed E-state index contributed by atoms with van der Waals surface area (Å²) in [6.07, 6.45) is 4.71. The molecule has 6 nitrogen and oxygen atoms in total. The van der Waals surface area contributed by atoms with E-state index in [4.69, 9.17) is 5.11 Å². The van der Waals surface area contributed by atoms with Gasteiger partial charge in [0, 0.05) is 25.2 Å². The highest BCUT2D eigenvalue weighted by atomic mass is 16.4. The maximum absolute atomic E-state index is 11.6. The smallest absolute Gasteiger partial charge is 0.356 e. The van der Waals surface area contributed by atoms with Gasteiger partial charge in [0.1, 0.15) is 0 Å². The number of amides is 1. The van der Waals surface area contributed by atoms with Gasteiger partial charge >= 0.3 is 5.97 Å². The van der Waals surface area contributed by atoms with Crippen LogP contribution >= 0.6 is 0 Å². The Labute approximate surface area is 112 Å². The molecule has 1 amide bonds. The lowest BCUT2D eigenvalue weighted by Crippen LogP contribution is -2.32.